The fourth-order valence-electron chi connectivity index (χ4n) is 1.95. The van der Waals surface area contributed by atoms with Crippen molar-refractivity contribution in [3.05, 3.63) is 48.7 Å². The molecule has 0 fully saturated rings. The van der Waals surface area contributed by atoms with E-state index in [0.717, 1.165) is 23.5 Å². The van der Waals surface area contributed by atoms with Gasteiger partial charge in [0.2, 0.25) is 15.0 Å². The summed E-state index contributed by atoms with van der Waals surface area (Å²) in [6.45, 7) is 0. The molecule has 1 aromatic carbocycles. The minimum absolute atomic E-state index is 0.235. The summed E-state index contributed by atoms with van der Waals surface area (Å²) in [6.07, 6.45) is 1.61. The third kappa shape index (κ3) is 4.55. The summed E-state index contributed by atoms with van der Waals surface area (Å²) in [5.41, 5.74) is 5.72. The van der Waals surface area contributed by atoms with E-state index in [1.807, 2.05) is 0 Å². The number of halogens is 2. The fourth-order valence-corrected chi connectivity index (χ4v) is 3.39. The van der Waals surface area contributed by atoms with E-state index < -0.39 is 26.5 Å². The molecule has 0 radical (unpaired) electrons. The number of hydrogen-bond donors (Lipinski definition) is 3. The summed E-state index contributed by atoms with van der Waals surface area (Å²) in [5, 5.41) is 11.0. The summed E-state index contributed by atoms with van der Waals surface area (Å²) in [5.74, 6) is -3.50. The maximum Gasteiger partial charge on any atom is 0.341 e. The number of anilines is 2. The number of pyridine rings is 1. The molecule has 0 aliphatic carbocycles. The first-order valence-electron chi connectivity index (χ1n) is 7.56. The molecular weight excluding hydrogens is 414 g/mol. The van der Waals surface area contributed by atoms with Crippen LogP contribution in [0.4, 0.5) is 24.4 Å². The first-order valence-corrected chi connectivity index (χ1v) is 9.92. The largest absolute Gasteiger partial charge is 0.341 e. The smallest absolute Gasteiger partial charge is 0.297 e. The molecule has 28 heavy (non-hydrogen) atoms. The summed E-state index contributed by atoms with van der Waals surface area (Å²) in [4.78, 5) is 15.5. The van der Waals surface area contributed by atoms with Gasteiger partial charge in [0.25, 0.3) is 0 Å². The molecule has 2 aromatic heterocycles. The van der Waals surface area contributed by atoms with Crippen LogP contribution < -0.4 is 16.2 Å². The quantitative estimate of drug-likeness (QED) is 0.518. The van der Waals surface area contributed by atoms with Gasteiger partial charge in [0.1, 0.15) is 5.69 Å². The number of nitrogens with one attached hydrogen (secondary N) is 3. The zero-order valence-electron chi connectivity index (χ0n) is 13.8. The minimum atomic E-state index is -4.67. The van der Waals surface area contributed by atoms with Crippen LogP contribution in [0.3, 0.4) is 0 Å². The lowest BCUT2D eigenvalue weighted by atomic mass is 10.3. The summed E-state index contributed by atoms with van der Waals surface area (Å²) in [7, 11) is -4.67. The highest BCUT2D eigenvalue weighted by atomic mass is 32.2. The molecule has 0 aliphatic heterocycles. The zero-order valence-corrected chi connectivity index (χ0v) is 15.5. The molecule has 0 unspecified atom stereocenters. The second-order valence-corrected chi connectivity index (χ2v) is 8.06. The van der Waals surface area contributed by atoms with Crippen LogP contribution in [0.25, 0.3) is 10.7 Å². The van der Waals surface area contributed by atoms with E-state index in [9.17, 15) is 22.0 Å². The lowest BCUT2D eigenvalue weighted by molar-refractivity contribution is 0.234. The van der Waals surface area contributed by atoms with E-state index in [-0.39, 0.29) is 10.8 Å². The van der Waals surface area contributed by atoms with Crippen molar-refractivity contribution < 1.29 is 22.0 Å². The minimum Gasteiger partial charge on any atom is -0.297 e. The highest BCUT2D eigenvalue weighted by Gasteiger charge is 2.26. The number of hydrogen-bond acceptors (Lipinski definition) is 8. The zero-order chi connectivity index (χ0) is 20.1. The number of aromatic nitrogens is 3. The number of carbonyl (C=O) groups excluding carboxylic acids is 1. The average molecular weight is 426 g/mol. The monoisotopic (exact) mass is 426 g/mol. The molecule has 3 N–H and O–H groups in total. The van der Waals surface area contributed by atoms with Crippen molar-refractivity contribution in [3.8, 4) is 10.7 Å². The molecule has 0 spiro atoms. The van der Waals surface area contributed by atoms with Crippen molar-refractivity contribution >= 4 is 38.0 Å². The second kappa shape index (κ2) is 8.22. The number of carbonyl (C=O) groups is 1. The van der Waals surface area contributed by atoms with Gasteiger partial charge in [-0.3, -0.25) is 21.2 Å². The molecule has 2 amide bonds. The van der Waals surface area contributed by atoms with Crippen molar-refractivity contribution in [2.45, 2.75) is 10.7 Å². The fraction of sp³-hybridized carbons (Fsp3) is 0.0667. The van der Waals surface area contributed by atoms with Gasteiger partial charge in [-0.2, -0.15) is 8.78 Å². The van der Waals surface area contributed by atoms with E-state index in [4.69, 9.17) is 0 Å². The standard InChI is InChI=1S/C15H12F2N6O3S2/c16-13(17)28(25,26)10-6-4-9(5-7-10)20-22-14(24)19-15-23-21-12(27-15)11-3-1-2-8-18-11/h1-8,13,20H,(H2,19,22,23,24). The number of alkyl halides is 2. The number of sulfone groups is 1. The Kier molecular flexibility index (Phi) is 5.75. The molecule has 2 heterocycles. The number of rotatable bonds is 6. The van der Waals surface area contributed by atoms with Gasteiger partial charge in [0.15, 0.2) is 5.01 Å². The molecule has 0 aliphatic rings. The van der Waals surface area contributed by atoms with Crippen LogP contribution in [0.1, 0.15) is 0 Å². The van der Waals surface area contributed by atoms with Crippen molar-refractivity contribution in [2.24, 2.45) is 0 Å². The predicted octanol–water partition coefficient (Wildman–Crippen LogP) is 2.75. The second-order valence-electron chi connectivity index (χ2n) is 5.16. The molecule has 0 saturated carbocycles. The van der Waals surface area contributed by atoms with Crippen LogP contribution in [0.2, 0.25) is 0 Å². The SMILES string of the molecule is O=C(NNc1ccc(S(=O)(=O)C(F)F)cc1)Nc1nnc(-c2ccccn2)s1. The molecule has 13 heteroatoms. The van der Waals surface area contributed by atoms with Crippen LogP contribution in [-0.2, 0) is 9.84 Å². The number of benzene rings is 1. The van der Waals surface area contributed by atoms with Gasteiger partial charge in [0, 0.05) is 6.20 Å². The van der Waals surface area contributed by atoms with Crippen LogP contribution in [0.5, 0.6) is 0 Å². The lowest BCUT2D eigenvalue weighted by Crippen LogP contribution is -2.33. The van der Waals surface area contributed by atoms with Gasteiger partial charge in [-0.15, -0.1) is 10.2 Å². The third-order valence-corrected chi connectivity index (χ3v) is 5.53. The average Bonchev–Trinajstić information content (AvgIpc) is 3.15. The van der Waals surface area contributed by atoms with Gasteiger partial charge in [-0.25, -0.2) is 13.2 Å². The van der Waals surface area contributed by atoms with Gasteiger partial charge >= 0.3 is 11.8 Å². The van der Waals surface area contributed by atoms with Gasteiger partial charge < -0.3 is 0 Å². The molecule has 0 saturated heterocycles. The van der Waals surface area contributed by atoms with E-state index >= 15 is 0 Å². The molecule has 9 nitrogen and oxygen atoms in total. The first-order chi connectivity index (χ1) is 13.4. The van der Waals surface area contributed by atoms with E-state index in [0.29, 0.717) is 10.7 Å². The first kappa shape index (κ1) is 19.6. The van der Waals surface area contributed by atoms with Gasteiger partial charge in [-0.05, 0) is 36.4 Å². The van der Waals surface area contributed by atoms with E-state index in [1.165, 1.54) is 12.1 Å². The van der Waals surface area contributed by atoms with Crippen LogP contribution >= 0.6 is 11.3 Å². The Morgan fingerprint density at radius 3 is 2.46 bits per heavy atom. The number of nitrogens with zero attached hydrogens (tertiary/aromatic N) is 3. The van der Waals surface area contributed by atoms with Gasteiger partial charge in [-0.1, -0.05) is 17.4 Å². The van der Waals surface area contributed by atoms with Crippen molar-refractivity contribution in [3.63, 3.8) is 0 Å². The van der Waals surface area contributed by atoms with Crippen LogP contribution in [0, 0.1) is 0 Å². The maximum absolute atomic E-state index is 12.5. The normalized spacial score (nSPS) is 11.2. The van der Waals surface area contributed by atoms with E-state index in [2.05, 4.69) is 31.3 Å². The number of amides is 2. The Hall–Kier alpha value is -3.19. The van der Waals surface area contributed by atoms with Crippen LogP contribution in [-0.4, -0.2) is 35.4 Å². The Labute approximate surface area is 161 Å². The summed E-state index contributed by atoms with van der Waals surface area (Å²) < 4.78 is 47.7. The molecule has 0 atom stereocenters. The Morgan fingerprint density at radius 2 is 1.82 bits per heavy atom. The molecular formula is C15H12F2N6O3S2. The Balaban J connectivity index is 1.56. The molecule has 3 rings (SSSR count). The van der Waals surface area contributed by atoms with Crippen molar-refractivity contribution in [1.82, 2.24) is 20.6 Å². The molecule has 146 valence electrons. The Bertz CT molecular complexity index is 1060. The molecule has 3 aromatic rings. The lowest BCUT2D eigenvalue weighted by Gasteiger charge is -2.09. The number of urea groups is 1. The Morgan fingerprint density at radius 1 is 1.07 bits per heavy atom. The summed E-state index contributed by atoms with van der Waals surface area (Å²) >= 11 is 1.12. The van der Waals surface area contributed by atoms with Crippen molar-refractivity contribution in [2.75, 3.05) is 10.7 Å². The highest BCUT2D eigenvalue weighted by Crippen LogP contribution is 2.24. The topological polar surface area (TPSA) is 126 Å². The van der Waals surface area contributed by atoms with Crippen molar-refractivity contribution in [1.29, 1.82) is 0 Å². The molecule has 0 bridgehead atoms. The number of hydrazine groups is 1. The third-order valence-electron chi connectivity index (χ3n) is 3.27. The van der Waals surface area contributed by atoms with Gasteiger partial charge in [0.05, 0.1) is 10.6 Å². The van der Waals surface area contributed by atoms with E-state index in [1.54, 1.807) is 24.4 Å². The maximum atomic E-state index is 12.5. The highest BCUT2D eigenvalue weighted by molar-refractivity contribution is 7.91. The summed E-state index contributed by atoms with van der Waals surface area (Å²) in [6, 6.07) is 9.14. The predicted molar refractivity (Wildman–Crippen MR) is 98.5 cm³/mol. The van der Waals surface area contributed by atoms with Crippen LogP contribution in [0.15, 0.2) is 53.6 Å².